The summed E-state index contributed by atoms with van der Waals surface area (Å²) in [4.78, 5) is 11.0. The number of benzene rings is 1. The summed E-state index contributed by atoms with van der Waals surface area (Å²) < 4.78 is 0. The van der Waals surface area contributed by atoms with E-state index in [9.17, 15) is 15.0 Å². The second kappa shape index (κ2) is 6.00. The van der Waals surface area contributed by atoms with Crippen LogP contribution in [0.3, 0.4) is 0 Å². The zero-order valence-corrected chi connectivity index (χ0v) is 10.6. The van der Waals surface area contributed by atoms with Crippen LogP contribution in [0.1, 0.15) is 28.4 Å². The molecule has 6 heteroatoms. The van der Waals surface area contributed by atoms with Crippen molar-refractivity contribution in [2.24, 2.45) is 0 Å². The second-order valence-corrected chi connectivity index (χ2v) is 4.43. The van der Waals surface area contributed by atoms with Gasteiger partial charge in [-0.1, -0.05) is 22.0 Å². The monoisotopic (exact) mass is 303 g/mol. The van der Waals surface area contributed by atoms with E-state index < -0.39 is 18.2 Å². The van der Waals surface area contributed by atoms with Gasteiger partial charge in [0.2, 0.25) is 0 Å². The SMILES string of the molecule is Nc1ccc(C(O)C(O)CCBr)c(C(=O)O)c1. The molecule has 0 radical (unpaired) electrons. The highest BCUT2D eigenvalue weighted by atomic mass is 79.9. The largest absolute Gasteiger partial charge is 0.478 e. The number of halogens is 1. The van der Waals surface area contributed by atoms with Crippen molar-refractivity contribution >= 4 is 27.6 Å². The molecule has 0 amide bonds. The minimum Gasteiger partial charge on any atom is -0.478 e. The number of carboxylic acids is 1. The predicted molar refractivity (Wildman–Crippen MR) is 67.2 cm³/mol. The van der Waals surface area contributed by atoms with Crippen molar-refractivity contribution in [1.29, 1.82) is 0 Å². The number of aliphatic hydroxyl groups is 2. The zero-order chi connectivity index (χ0) is 13.0. The number of aliphatic hydroxyl groups excluding tert-OH is 2. The number of rotatable bonds is 5. The first-order valence-electron chi connectivity index (χ1n) is 5.02. The van der Waals surface area contributed by atoms with Gasteiger partial charge in [0.25, 0.3) is 0 Å². The Balaban J connectivity index is 3.08. The van der Waals surface area contributed by atoms with Crippen molar-refractivity contribution < 1.29 is 20.1 Å². The molecule has 1 aromatic rings. The molecule has 0 aliphatic heterocycles. The molecule has 0 saturated heterocycles. The van der Waals surface area contributed by atoms with Crippen molar-refractivity contribution in [3.05, 3.63) is 29.3 Å². The molecular weight excluding hydrogens is 290 g/mol. The maximum Gasteiger partial charge on any atom is 0.336 e. The Hall–Kier alpha value is -1.11. The molecular formula is C11H14BrNO4. The number of aromatic carboxylic acids is 1. The van der Waals surface area contributed by atoms with Gasteiger partial charge < -0.3 is 21.1 Å². The van der Waals surface area contributed by atoms with Crippen LogP contribution in [0.2, 0.25) is 0 Å². The standard InChI is InChI=1S/C11H14BrNO4/c12-4-3-9(14)10(15)7-2-1-6(13)5-8(7)11(16)17/h1-2,5,9-10,14-15H,3-4,13H2,(H,16,17). The number of carbonyl (C=O) groups is 1. The van der Waals surface area contributed by atoms with Gasteiger partial charge in [0.15, 0.2) is 0 Å². The summed E-state index contributed by atoms with van der Waals surface area (Å²) in [6, 6.07) is 4.18. The molecule has 17 heavy (non-hydrogen) atoms. The average molecular weight is 304 g/mol. The first-order valence-corrected chi connectivity index (χ1v) is 6.14. The Labute approximate surface area is 107 Å². The van der Waals surface area contributed by atoms with E-state index in [-0.39, 0.29) is 11.1 Å². The van der Waals surface area contributed by atoms with Gasteiger partial charge in [-0.3, -0.25) is 0 Å². The van der Waals surface area contributed by atoms with E-state index in [0.717, 1.165) is 0 Å². The number of hydrogen-bond acceptors (Lipinski definition) is 4. The van der Waals surface area contributed by atoms with Crippen LogP contribution in [-0.2, 0) is 0 Å². The molecule has 0 aromatic heterocycles. The van der Waals surface area contributed by atoms with E-state index in [2.05, 4.69) is 15.9 Å². The van der Waals surface area contributed by atoms with E-state index in [1.807, 2.05) is 0 Å². The molecule has 0 spiro atoms. The number of nitrogen functional groups attached to an aromatic ring is 1. The van der Waals surface area contributed by atoms with Crippen molar-refractivity contribution in [3.8, 4) is 0 Å². The Morgan fingerprint density at radius 1 is 1.41 bits per heavy atom. The third-order valence-corrected chi connectivity index (χ3v) is 2.85. The molecule has 94 valence electrons. The highest BCUT2D eigenvalue weighted by molar-refractivity contribution is 9.09. The summed E-state index contributed by atoms with van der Waals surface area (Å²) in [6.45, 7) is 0. The maximum atomic E-state index is 11.0. The fourth-order valence-electron chi connectivity index (χ4n) is 1.49. The normalized spacial score (nSPS) is 14.3. The lowest BCUT2D eigenvalue weighted by molar-refractivity contribution is 0.0164. The Morgan fingerprint density at radius 2 is 2.06 bits per heavy atom. The van der Waals surface area contributed by atoms with Crippen molar-refractivity contribution in [2.75, 3.05) is 11.1 Å². The van der Waals surface area contributed by atoms with E-state index in [1.165, 1.54) is 18.2 Å². The molecule has 5 nitrogen and oxygen atoms in total. The summed E-state index contributed by atoms with van der Waals surface area (Å²) in [6.07, 6.45) is -1.93. The molecule has 0 heterocycles. The number of anilines is 1. The molecule has 0 fully saturated rings. The lowest BCUT2D eigenvalue weighted by Crippen LogP contribution is -2.21. The fraction of sp³-hybridized carbons (Fsp3) is 0.364. The first-order chi connectivity index (χ1) is 7.97. The second-order valence-electron chi connectivity index (χ2n) is 3.64. The van der Waals surface area contributed by atoms with Gasteiger partial charge in [0.1, 0.15) is 6.10 Å². The molecule has 2 unspecified atom stereocenters. The van der Waals surface area contributed by atoms with Crippen LogP contribution in [0.25, 0.3) is 0 Å². The fourth-order valence-corrected chi connectivity index (χ4v) is 1.96. The van der Waals surface area contributed by atoms with Crippen molar-refractivity contribution in [2.45, 2.75) is 18.6 Å². The molecule has 0 saturated carbocycles. The summed E-state index contributed by atoms with van der Waals surface area (Å²) in [5, 5.41) is 29.0. The molecule has 0 aliphatic rings. The van der Waals surface area contributed by atoms with Gasteiger partial charge in [-0.05, 0) is 24.1 Å². The lowest BCUT2D eigenvalue weighted by atomic mass is 9.97. The van der Waals surface area contributed by atoms with Crippen LogP contribution >= 0.6 is 15.9 Å². The third kappa shape index (κ3) is 3.42. The minimum atomic E-state index is -1.24. The minimum absolute atomic E-state index is 0.0916. The zero-order valence-electron chi connectivity index (χ0n) is 9.01. The summed E-state index contributed by atoms with van der Waals surface area (Å²) in [5.41, 5.74) is 5.86. The van der Waals surface area contributed by atoms with Crippen molar-refractivity contribution in [1.82, 2.24) is 0 Å². The number of nitrogens with two attached hydrogens (primary N) is 1. The van der Waals surface area contributed by atoms with Gasteiger partial charge >= 0.3 is 5.97 Å². The summed E-state index contributed by atoms with van der Waals surface area (Å²) >= 11 is 3.14. The van der Waals surface area contributed by atoms with Gasteiger partial charge in [-0.2, -0.15) is 0 Å². The highest BCUT2D eigenvalue weighted by Gasteiger charge is 2.23. The summed E-state index contributed by atoms with van der Waals surface area (Å²) in [5.74, 6) is -1.18. The van der Waals surface area contributed by atoms with Gasteiger partial charge in [-0.25, -0.2) is 4.79 Å². The molecule has 2 atom stereocenters. The topological polar surface area (TPSA) is 104 Å². The van der Waals surface area contributed by atoms with Crippen LogP contribution in [0, 0.1) is 0 Å². The highest BCUT2D eigenvalue weighted by Crippen LogP contribution is 2.25. The van der Waals surface area contributed by atoms with Crippen LogP contribution in [0.15, 0.2) is 18.2 Å². The van der Waals surface area contributed by atoms with Crippen LogP contribution in [0.5, 0.6) is 0 Å². The number of hydrogen-bond donors (Lipinski definition) is 4. The number of carboxylic acid groups (broad SMARTS) is 1. The Kier molecular flexibility index (Phi) is 4.92. The van der Waals surface area contributed by atoms with E-state index in [0.29, 0.717) is 17.4 Å². The lowest BCUT2D eigenvalue weighted by Gasteiger charge is -2.19. The third-order valence-electron chi connectivity index (χ3n) is 2.40. The quantitative estimate of drug-likeness (QED) is 0.482. The first kappa shape index (κ1) is 14.0. The maximum absolute atomic E-state index is 11.0. The molecule has 0 bridgehead atoms. The molecule has 5 N–H and O–H groups in total. The molecule has 0 aliphatic carbocycles. The van der Waals surface area contributed by atoms with E-state index in [1.54, 1.807) is 0 Å². The van der Waals surface area contributed by atoms with Crippen molar-refractivity contribution in [3.63, 3.8) is 0 Å². The van der Waals surface area contributed by atoms with Gasteiger partial charge in [-0.15, -0.1) is 0 Å². The van der Waals surface area contributed by atoms with Crippen LogP contribution in [0.4, 0.5) is 5.69 Å². The average Bonchev–Trinajstić information content (AvgIpc) is 2.28. The van der Waals surface area contributed by atoms with Gasteiger partial charge in [0.05, 0.1) is 11.7 Å². The number of alkyl halides is 1. The van der Waals surface area contributed by atoms with Crippen LogP contribution < -0.4 is 5.73 Å². The smallest absolute Gasteiger partial charge is 0.336 e. The van der Waals surface area contributed by atoms with E-state index >= 15 is 0 Å². The van der Waals surface area contributed by atoms with Gasteiger partial charge in [0, 0.05) is 11.0 Å². The molecule has 1 aromatic carbocycles. The predicted octanol–water partition coefficient (Wildman–Crippen LogP) is 1.15. The summed E-state index contributed by atoms with van der Waals surface area (Å²) in [7, 11) is 0. The van der Waals surface area contributed by atoms with E-state index in [4.69, 9.17) is 10.8 Å². The molecule has 1 rings (SSSR count). The Morgan fingerprint density at radius 3 is 2.59 bits per heavy atom. The Bertz CT molecular complexity index is 410. The van der Waals surface area contributed by atoms with Crippen LogP contribution in [-0.4, -0.2) is 32.7 Å².